The number of nitrogens with two attached hydrogens (primary N) is 1. The summed E-state index contributed by atoms with van der Waals surface area (Å²) in [7, 11) is 1.64. The van der Waals surface area contributed by atoms with Crippen molar-refractivity contribution in [3.05, 3.63) is 16.0 Å². The molecule has 0 saturated heterocycles. The molecule has 1 heterocycles. The van der Waals surface area contributed by atoms with Gasteiger partial charge in [-0.1, -0.05) is 13.8 Å². The zero-order valence-electron chi connectivity index (χ0n) is 9.32. The molecule has 6 nitrogen and oxygen atoms in total. The topological polar surface area (TPSA) is 85.8 Å². The van der Waals surface area contributed by atoms with E-state index < -0.39 is 0 Å². The maximum Gasteiger partial charge on any atom is 0.295 e. The molecule has 6 heteroatoms. The lowest BCUT2D eigenvalue weighted by Crippen LogP contribution is -2.35. The highest BCUT2D eigenvalue weighted by molar-refractivity contribution is 5.23. The van der Waals surface area contributed by atoms with Crippen LogP contribution in [0.1, 0.15) is 38.3 Å². The molecule has 0 aliphatic rings. The summed E-state index contributed by atoms with van der Waals surface area (Å²) in [5.74, 6) is 5.98. The molecule has 0 aromatic carbocycles. The van der Waals surface area contributed by atoms with E-state index in [1.165, 1.54) is 0 Å². The highest BCUT2D eigenvalue weighted by Crippen LogP contribution is 2.17. The summed E-state index contributed by atoms with van der Waals surface area (Å²) in [4.78, 5) is 11.8. The van der Waals surface area contributed by atoms with Crippen LogP contribution in [0.25, 0.3) is 0 Å². The average Bonchev–Trinajstić information content (AvgIpc) is 2.26. The molecule has 0 radical (unpaired) electrons. The molecule has 0 aliphatic carbocycles. The molecule has 0 saturated carbocycles. The van der Waals surface area contributed by atoms with Gasteiger partial charge in [0.2, 0.25) is 5.95 Å². The van der Waals surface area contributed by atoms with Crippen LogP contribution >= 0.6 is 0 Å². The van der Waals surface area contributed by atoms with Crippen LogP contribution < -0.4 is 16.7 Å². The summed E-state index contributed by atoms with van der Waals surface area (Å²) < 4.78 is 1.00. The quantitative estimate of drug-likeness (QED) is 0.699. The standard InChI is InChI=1S/C9H17N5O/c1-4-6(5-2)7-8(15)14(10)9(11-3)13-12-7/h6H,4-5,10H2,1-3H3,(H,11,13). The number of hydrogen-bond acceptors (Lipinski definition) is 5. The lowest BCUT2D eigenvalue weighted by atomic mass is 10.0. The Hall–Kier alpha value is -1.59. The molecule has 0 amide bonds. The zero-order chi connectivity index (χ0) is 11.4. The molecular formula is C9H17N5O. The predicted molar refractivity (Wildman–Crippen MR) is 59.3 cm³/mol. The van der Waals surface area contributed by atoms with E-state index in [1.807, 2.05) is 13.8 Å². The van der Waals surface area contributed by atoms with Crippen molar-refractivity contribution in [1.29, 1.82) is 0 Å². The second-order valence-electron chi connectivity index (χ2n) is 3.35. The second-order valence-corrected chi connectivity index (χ2v) is 3.35. The molecular weight excluding hydrogens is 194 g/mol. The van der Waals surface area contributed by atoms with Gasteiger partial charge < -0.3 is 11.2 Å². The number of hydrogen-bond donors (Lipinski definition) is 2. The molecule has 15 heavy (non-hydrogen) atoms. The molecule has 1 aromatic heterocycles. The minimum absolute atomic E-state index is 0.130. The fraction of sp³-hybridized carbons (Fsp3) is 0.667. The zero-order valence-corrected chi connectivity index (χ0v) is 9.32. The minimum atomic E-state index is -0.275. The van der Waals surface area contributed by atoms with E-state index in [9.17, 15) is 4.79 Å². The van der Waals surface area contributed by atoms with Gasteiger partial charge in [0, 0.05) is 13.0 Å². The van der Waals surface area contributed by atoms with E-state index in [0.717, 1.165) is 17.5 Å². The molecule has 0 bridgehead atoms. The first-order chi connectivity index (χ1) is 7.15. The van der Waals surface area contributed by atoms with Crippen molar-refractivity contribution in [2.45, 2.75) is 32.6 Å². The first-order valence-electron chi connectivity index (χ1n) is 5.08. The Balaban J connectivity index is 3.22. The Morgan fingerprint density at radius 2 is 2.00 bits per heavy atom. The molecule has 0 aliphatic heterocycles. The monoisotopic (exact) mass is 211 g/mol. The third-order valence-corrected chi connectivity index (χ3v) is 2.51. The van der Waals surface area contributed by atoms with Crippen LogP contribution in [0, 0.1) is 0 Å². The molecule has 0 atom stereocenters. The van der Waals surface area contributed by atoms with E-state index in [-0.39, 0.29) is 17.4 Å². The van der Waals surface area contributed by atoms with Crippen molar-refractivity contribution in [3.8, 4) is 0 Å². The third kappa shape index (κ3) is 2.08. The largest absolute Gasteiger partial charge is 0.356 e. The summed E-state index contributed by atoms with van der Waals surface area (Å²) in [5, 5.41) is 10.5. The van der Waals surface area contributed by atoms with Crippen LogP contribution in [0.15, 0.2) is 4.79 Å². The van der Waals surface area contributed by atoms with E-state index in [1.54, 1.807) is 7.05 Å². The van der Waals surface area contributed by atoms with Crippen molar-refractivity contribution in [2.75, 3.05) is 18.2 Å². The van der Waals surface area contributed by atoms with Gasteiger partial charge in [-0.3, -0.25) is 4.79 Å². The lowest BCUT2D eigenvalue weighted by molar-refractivity contribution is 0.591. The van der Waals surface area contributed by atoms with Crippen LogP contribution in [0.5, 0.6) is 0 Å². The number of rotatable bonds is 4. The fourth-order valence-corrected chi connectivity index (χ4v) is 1.51. The molecule has 0 spiro atoms. The van der Waals surface area contributed by atoms with Crippen LogP contribution in [0.2, 0.25) is 0 Å². The highest BCUT2D eigenvalue weighted by Gasteiger charge is 2.16. The Kier molecular flexibility index (Phi) is 3.65. The molecule has 0 unspecified atom stereocenters. The second kappa shape index (κ2) is 4.77. The number of nitrogens with zero attached hydrogens (tertiary/aromatic N) is 3. The molecule has 0 fully saturated rings. The summed E-state index contributed by atoms with van der Waals surface area (Å²) in [5.41, 5.74) is 0.171. The van der Waals surface area contributed by atoms with E-state index in [0.29, 0.717) is 5.69 Å². The maximum absolute atomic E-state index is 11.8. The van der Waals surface area contributed by atoms with Crippen LogP contribution in [0.3, 0.4) is 0 Å². The fourth-order valence-electron chi connectivity index (χ4n) is 1.51. The molecule has 84 valence electrons. The Morgan fingerprint density at radius 1 is 1.40 bits per heavy atom. The summed E-state index contributed by atoms with van der Waals surface area (Å²) in [6.07, 6.45) is 1.72. The van der Waals surface area contributed by atoms with Gasteiger partial charge in [-0.2, -0.15) is 4.68 Å². The number of nitrogens with one attached hydrogen (secondary N) is 1. The molecule has 1 aromatic rings. The van der Waals surface area contributed by atoms with Crippen molar-refractivity contribution in [2.24, 2.45) is 0 Å². The van der Waals surface area contributed by atoms with Crippen molar-refractivity contribution in [1.82, 2.24) is 14.9 Å². The summed E-state index contributed by atoms with van der Waals surface area (Å²) in [6, 6.07) is 0. The van der Waals surface area contributed by atoms with Gasteiger partial charge in [0.15, 0.2) is 0 Å². The SMILES string of the molecule is CCC(CC)c1nnc(NC)n(N)c1=O. The first-order valence-corrected chi connectivity index (χ1v) is 5.08. The minimum Gasteiger partial charge on any atom is -0.356 e. The third-order valence-electron chi connectivity index (χ3n) is 2.51. The Bertz CT molecular complexity index is 383. The number of anilines is 1. The summed E-state index contributed by atoms with van der Waals surface area (Å²) in [6.45, 7) is 4.03. The predicted octanol–water partition coefficient (Wildman–Crippen LogP) is 0.297. The summed E-state index contributed by atoms with van der Waals surface area (Å²) >= 11 is 0. The van der Waals surface area contributed by atoms with Gasteiger partial charge in [-0.15, -0.1) is 10.2 Å². The Morgan fingerprint density at radius 3 is 2.47 bits per heavy atom. The number of aromatic nitrogens is 3. The van der Waals surface area contributed by atoms with Crippen molar-refractivity contribution < 1.29 is 0 Å². The van der Waals surface area contributed by atoms with E-state index >= 15 is 0 Å². The number of nitrogen functional groups attached to an aromatic ring is 1. The van der Waals surface area contributed by atoms with Crippen LogP contribution in [-0.4, -0.2) is 21.9 Å². The van der Waals surface area contributed by atoms with E-state index in [2.05, 4.69) is 15.5 Å². The Labute approximate surface area is 88.5 Å². The maximum atomic E-state index is 11.8. The van der Waals surface area contributed by atoms with Gasteiger partial charge >= 0.3 is 0 Å². The van der Waals surface area contributed by atoms with Gasteiger partial charge in [0.05, 0.1) is 0 Å². The van der Waals surface area contributed by atoms with Gasteiger partial charge in [0.1, 0.15) is 5.69 Å². The first kappa shape index (κ1) is 11.5. The van der Waals surface area contributed by atoms with Crippen LogP contribution in [-0.2, 0) is 0 Å². The lowest BCUT2D eigenvalue weighted by Gasteiger charge is -2.12. The van der Waals surface area contributed by atoms with Gasteiger partial charge in [-0.05, 0) is 12.8 Å². The van der Waals surface area contributed by atoms with Crippen LogP contribution in [0.4, 0.5) is 5.95 Å². The molecule has 1 rings (SSSR count). The average molecular weight is 211 g/mol. The molecule has 3 N–H and O–H groups in total. The van der Waals surface area contributed by atoms with Crippen molar-refractivity contribution in [3.63, 3.8) is 0 Å². The smallest absolute Gasteiger partial charge is 0.295 e. The van der Waals surface area contributed by atoms with E-state index in [4.69, 9.17) is 5.84 Å². The van der Waals surface area contributed by atoms with Gasteiger partial charge in [0.25, 0.3) is 5.56 Å². The van der Waals surface area contributed by atoms with Crippen molar-refractivity contribution >= 4 is 5.95 Å². The highest BCUT2D eigenvalue weighted by atomic mass is 16.1. The normalized spacial score (nSPS) is 10.7. The van der Waals surface area contributed by atoms with Gasteiger partial charge in [-0.25, -0.2) is 0 Å².